The van der Waals surface area contributed by atoms with Gasteiger partial charge in [-0.3, -0.25) is 10.2 Å². The van der Waals surface area contributed by atoms with Crippen LogP contribution in [0.5, 0.6) is 0 Å². The Morgan fingerprint density at radius 1 is 1.18 bits per heavy atom. The molecule has 0 unspecified atom stereocenters. The molecule has 1 aliphatic rings. The fraction of sp³-hybridized carbons (Fsp3) is 0.350. The first-order chi connectivity index (χ1) is 13.8. The Morgan fingerprint density at radius 2 is 2.07 bits per heavy atom. The molecule has 4 heterocycles. The largest absolute Gasteiger partial charge is 0.379 e. The van der Waals surface area contributed by atoms with Gasteiger partial charge in [0.1, 0.15) is 11.5 Å². The van der Waals surface area contributed by atoms with E-state index in [-0.39, 0.29) is 6.03 Å². The highest BCUT2D eigenvalue weighted by atomic mass is 16.5. The number of rotatable bonds is 6. The molecule has 1 aliphatic heterocycles. The summed E-state index contributed by atoms with van der Waals surface area (Å²) in [6, 6.07) is 9.43. The van der Waals surface area contributed by atoms with Gasteiger partial charge in [0.25, 0.3) is 0 Å². The number of urea groups is 1. The van der Waals surface area contributed by atoms with Crippen LogP contribution < -0.4 is 10.6 Å². The second kappa shape index (κ2) is 8.81. The van der Waals surface area contributed by atoms with Crippen molar-refractivity contribution in [3.63, 3.8) is 0 Å². The van der Waals surface area contributed by atoms with Gasteiger partial charge in [0.05, 0.1) is 18.9 Å². The summed E-state index contributed by atoms with van der Waals surface area (Å²) in [7, 11) is 0. The Balaban J connectivity index is 1.22. The Hall–Kier alpha value is -2.97. The van der Waals surface area contributed by atoms with Crippen molar-refractivity contribution < 1.29 is 9.53 Å². The lowest BCUT2D eigenvalue weighted by Crippen LogP contribution is -2.35. The molecule has 0 spiro atoms. The van der Waals surface area contributed by atoms with Crippen molar-refractivity contribution in [3.05, 3.63) is 60.2 Å². The van der Waals surface area contributed by atoms with Gasteiger partial charge in [-0.1, -0.05) is 12.1 Å². The minimum absolute atomic E-state index is 0.266. The van der Waals surface area contributed by atoms with Crippen LogP contribution in [0, 0.1) is 0 Å². The van der Waals surface area contributed by atoms with Crippen LogP contribution in [0.4, 0.5) is 10.6 Å². The highest BCUT2D eigenvalue weighted by molar-refractivity contribution is 5.88. The zero-order valence-corrected chi connectivity index (χ0v) is 15.7. The molecule has 0 bridgehead atoms. The molecule has 0 radical (unpaired) electrons. The molecule has 8 nitrogen and oxygen atoms in total. The number of pyridine rings is 2. The first kappa shape index (κ1) is 18.4. The number of morpholine rings is 1. The lowest BCUT2D eigenvalue weighted by Gasteiger charge is -2.26. The van der Waals surface area contributed by atoms with Crippen LogP contribution in [0.15, 0.2) is 48.9 Å². The normalized spacial score (nSPS) is 14.9. The summed E-state index contributed by atoms with van der Waals surface area (Å²) in [6.07, 6.45) is 6.41. The van der Waals surface area contributed by atoms with Crippen LogP contribution in [-0.4, -0.2) is 58.1 Å². The van der Waals surface area contributed by atoms with Crippen molar-refractivity contribution in [2.75, 3.05) is 38.2 Å². The van der Waals surface area contributed by atoms with E-state index in [4.69, 9.17) is 4.74 Å². The van der Waals surface area contributed by atoms with Crippen LogP contribution in [0.25, 0.3) is 5.65 Å². The topological polar surface area (TPSA) is 83.8 Å². The van der Waals surface area contributed by atoms with Gasteiger partial charge in [0, 0.05) is 51.2 Å². The third-order valence-electron chi connectivity index (χ3n) is 4.66. The average molecular weight is 380 g/mol. The maximum atomic E-state index is 12.1. The molecule has 1 saturated heterocycles. The van der Waals surface area contributed by atoms with Gasteiger partial charge < -0.3 is 14.5 Å². The number of nitrogens with one attached hydrogen (secondary N) is 2. The molecular weight excluding hydrogens is 356 g/mol. The lowest BCUT2D eigenvalue weighted by atomic mass is 10.2. The molecule has 28 heavy (non-hydrogen) atoms. The maximum absolute atomic E-state index is 12.1. The van der Waals surface area contributed by atoms with Crippen LogP contribution in [-0.2, 0) is 17.7 Å². The number of hydrogen-bond acceptors (Lipinski definition) is 5. The number of amides is 2. The Bertz CT molecular complexity index is 885. The monoisotopic (exact) mass is 380 g/mol. The highest BCUT2D eigenvalue weighted by Gasteiger charge is 2.11. The number of carbonyl (C=O) groups is 1. The fourth-order valence-corrected chi connectivity index (χ4v) is 3.18. The fourth-order valence-electron chi connectivity index (χ4n) is 3.18. The molecule has 1 fully saturated rings. The van der Waals surface area contributed by atoms with E-state index < -0.39 is 0 Å². The summed E-state index contributed by atoms with van der Waals surface area (Å²) in [5.41, 5.74) is 2.97. The first-order valence-corrected chi connectivity index (χ1v) is 9.49. The number of nitrogens with zero attached hydrogens (tertiary/aromatic N) is 4. The minimum Gasteiger partial charge on any atom is -0.379 e. The number of imidazole rings is 1. The number of aromatic nitrogens is 3. The van der Waals surface area contributed by atoms with Gasteiger partial charge in [-0.15, -0.1) is 0 Å². The van der Waals surface area contributed by atoms with Crippen LogP contribution >= 0.6 is 0 Å². The molecule has 2 N–H and O–H groups in total. The average Bonchev–Trinajstić information content (AvgIpc) is 3.13. The van der Waals surface area contributed by atoms with Crippen molar-refractivity contribution in [2.45, 2.75) is 13.0 Å². The van der Waals surface area contributed by atoms with Gasteiger partial charge in [0.15, 0.2) is 0 Å². The van der Waals surface area contributed by atoms with Gasteiger partial charge in [-0.05, 0) is 23.8 Å². The predicted octanol–water partition coefficient (Wildman–Crippen LogP) is 1.93. The summed E-state index contributed by atoms with van der Waals surface area (Å²) in [5, 5.41) is 5.61. The zero-order chi connectivity index (χ0) is 19.2. The summed E-state index contributed by atoms with van der Waals surface area (Å²) in [5.74, 6) is 0.538. The van der Waals surface area contributed by atoms with Gasteiger partial charge in [0.2, 0.25) is 0 Å². The molecule has 2 amide bonds. The van der Waals surface area contributed by atoms with E-state index in [1.54, 1.807) is 0 Å². The first-order valence-electron chi connectivity index (χ1n) is 9.49. The van der Waals surface area contributed by atoms with Crippen LogP contribution in [0.3, 0.4) is 0 Å². The maximum Gasteiger partial charge on any atom is 0.320 e. The molecule has 146 valence electrons. The van der Waals surface area contributed by atoms with Gasteiger partial charge >= 0.3 is 6.03 Å². The van der Waals surface area contributed by atoms with E-state index in [1.165, 1.54) is 0 Å². The third-order valence-corrected chi connectivity index (χ3v) is 4.66. The Morgan fingerprint density at radius 3 is 2.86 bits per heavy atom. The molecule has 0 saturated carbocycles. The predicted molar refractivity (Wildman–Crippen MR) is 106 cm³/mol. The number of carbonyl (C=O) groups excluding carboxylic acids is 1. The van der Waals surface area contributed by atoms with Crippen molar-refractivity contribution in [3.8, 4) is 0 Å². The van der Waals surface area contributed by atoms with E-state index >= 15 is 0 Å². The van der Waals surface area contributed by atoms with Crippen molar-refractivity contribution in [1.82, 2.24) is 24.6 Å². The van der Waals surface area contributed by atoms with Crippen LogP contribution in [0.1, 0.15) is 11.3 Å². The summed E-state index contributed by atoms with van der Waals surface area (Å²) < 4.78 is 7.33. The van der Waals surface area contributed by atoms with Crippen molar-refractivity contribution in [1.29, 1.82) is 0 Å². The molecule has 3 aromatic rings. The number of ether oxygens (including phenoxy) is 1. The minimum atomic E-state index is -0.266. The second-order valence-corrected chi connectivity index (χ2v) is 6.77. The number of hydrogen-bond donors (Lipinski definition) is 2. The van der Waals surface area contributed by atoms with E-state index in [0.717, 1.165) is 49.8 Å². The van der Waals surface area contributed by atoms with E-state index in [0.29, 0.717) is 18.8 Å². The van der Waals surface area contributed by atoms with E-state index in [9.17, 15) is 4.79 Å². The second-order valence-electron chi connectivity index (χ2n) is 6.77. The van der Waals surface area contributed by atoms with Gasteiger partial charge in [-0.25, -0.2) is 14.8 Å². The quantitative estimate of drug-likeness (QED) is 0.683. The third kappa shape index (κ3) is 4.85. The number of fused-ring (bicyclic) bond motifs is 1. The zero-order valence-electron chi connectivity index (χ0n) is 15.7. The molecule has 0 atom stereocenters. The lowest BCUT2D eigenvalue weighted by molar-refractivity contribution is 0.0341. The number of anilines is 1. The van der Waals surface area contributed by atoms with Crippen molar-refractivity contribution >= 4 is 17.5 Å². The SMILES string of the molecule is O=C(NCCc1cn2ccccc2n1)Nc1ccc(CN2CCOCC2)cn1. The van der Waals surface area contributed by atoms with Gasteiger partial charge in [-0.2, -0.15) is 0 Å². The smallest absolute Gasteiger partial charge is 0.320 e. The van der Waals surface area contributed by atoms with E-state index in [1.807, 2.05) is 53.3 Å². The summed E-state index contributed by atoms with van der Waals surface area (Å²) in [4.78, 5) is 23.3. The molecule has 4 rings (SSSR count). The molecule has 3 aromatic heterocycles. The summed E-state index contributed by atoms with van der Waals surface area (Å²) >= 11 is 0. The Kier molecular flexibility index (Phi) is 5.79. The molecule has 8 heteroatoms. The van der Waals surface area contributed by atoms with E-state index in [2.05, 4.69) is 25.5 Å². The molecule has 0 aliphatic carbocycles. The highest BCUT2D eigenvalue weighted by Crippen LogP contribution is 2.09. The molecular formula is C20H24N6O2. The Labute approximate surface area is 163 Å². The van der Waals surface area contributed by atoms with Crippen molar-refractivity contribution in [2.24, 2.45) is 0 Å². The standard InChI is InChI=1S/C20H24N6O2/c27-20(21-7-6-17-15-26-8-2-1-3-19(26)23-17)24-18-5-4-16(13-22-18)14-25-9-11-28-12-10-25/h1-5,8,13,15H,6-7,9-12,14H2,(H2,21,22,24,27). The van der Waals surface area contributed by atoms with Crippen LogP contribution in [0.2, 0.25) is 0 Å². The molecule has 0 aromatic carbocycles. The summed E-state index contributed by atoms with van der Waals surface area (Å²) in [6.45, 7) is 4.79.